The van der Waals surface area contributed by atoms with Crippen molar-refractivity contribution in [2.45, 2.75) is 13.0 Å². The topological polar surface area (TPSA) is 79.0 Å². The van der Waals surface area contributed by atoms with Crippen LogP contribution in [0.5, 0.6) is 0 Å². The van der Waals surface area contributed by atoms with Crippen LogP contribution in [0.25, 0.3) is 0 Å². The van der Waals surface area contributed by atoms with Gasteiger partial charge in [-0.3, -0.25) is 14.0 Å². The Morgan fingerprint density at radius 2 is 1.73 bits per heavy atom. The molecular weight excluding hydrogens is 402 g/mol. The molecule has 0 atom stereocenters. The number of benzene rings is 2. The van der Waals surface area contributed by atoms with Crippen molar-refractivity contribution in [3.8, 4) is 0 Å². The Balaban J connectivity index is 1.56. The number of hydrogen-bond acceptors (Lipinski definition) is 5. The molecule has 8 heteroatoms. The molecule has 1 fully saturated rings. The molecule has 1 amide bonds. The minimum Gasteiger partial charge on any atom is -0.379 e. The lowest BCUT2D eigenvalue weighted by molar-refractivity contribution is 0.0374. The standard InChI is InChI=1S/C22H29N3O4S/c1-30(27,28)25(18-19-6-3-2-4-7-19)21-10-8-20(9-11-21)22(26)23-12-5-13-24-14-16-29-17-15-24/h2-4,6-11H,5,12-18H2,1H3,(H,23,26). The molecule has 1 N–H and O–H groups in total. The van der Waals surface area contributed by atoms with E-state index in [0.29, 0.717) is 17.8 Å². The van der Waals surface area contributed by atoms with Gasteiger partial charge in [0.05, 0.1) is 31.7 Å². The molecule has 3 rings (SSSR count). The summed E-state index contributed by atoms with van der Waals surface area (Å²) in [4.78, 5) is 14.7. The lowest BCUT2D eigenvalue weighted by Crippen LogP contribution is -2.38. The largest absolute Gasteiger partial charge is 0.379 e. The molecule has 0 saturated carbocycles. The molecule has 162 valence electrons. The predicted octanol–water partition coefficient (Wildman–Crippen LogP) is 2.10. The molecule has 1 aliphatic heterocycles. The molecule has 0 radical (unpaired) electrons. The van der Waals surface area contributed by atoms with Gasteiger partial charge >= 0.3 is 0 Å². The third-order valence-electron chi connectivity index (χ3n) is 5.03. The molecule has 0 aliphatic carbocycles. The summed E-state index contributed by atoms with van der Waals surface area (Å²) in [5.41, 5.74) is 1.94. The molecule has 0 spiro atoms. The van der Waals surface area contributed by atoms with Crippen LogP contribution in [0.1, 0.15) is 22.3 Å². The van der Waals surface area contributed by atoms with Gasteiger partial charge in [0.1, 0.15) is 0 Å². The Kier molecular flexibility index (Phi) is 7.84. The van der Waals surface area contributed by atoms with Crippen LogP contribution in [-0.2, 0) is 21.3 Å². The zero-order chi connectivity index (χ0) is 21.4. The zero-order valence-electron chi connectivity index (χ0n) is 17.3. The molecule has 2 aromatic rings. The lowest BCUT2D eigenvalue weighted by Gasteiger charge is -2.26. The second-order valence-corrected chi connectivity index (χ2v) is 9.27. The highest BCUT2D eigenvalue weighted by atomic mass is 32.2. The second kappa shape index (κ2) is 10.6. The SMILES string of the molecule is CS(=O)(=O)N(Cc1ccccc1)c1ccc(C(=O)NCCCN2CCOCC2)cc1. The van der Waals surface area contributed by atoms with E-state index in [2.05, 4.69) is 10.2 Å². The number of carbonyl (C=O) groups is 1. The maximum Gasteiger partial charge on any atom is 0.251 e. The minimum atomic E-state index is -3.46. The van der Waals surface area contributed by atoms with Gasteiger partial charge < -0.3 is 10.1 Å². The minimum absolute atomic E-state index is 0.155. The molecule has 7 nitrogen and oxygen atoms in total. The number of hydrogen-bond donors (Lipinski definition) is 1. The summed E-state index contributed by atoms with van der Waals surface area (Å²) >= 11 is 0. The van der Waals surface area contributed by atoms with Gasteiger partial charge in [-0.25, -0.2) is 8.42 Å². The Labute approximate surface area is 178 Å². The van der Waals surface area contributed by atoms with Crippen LogP contribution in [0.4, 0.5) is 5.69 Å². The van der Waals surface area contributed by atoms with Gasteiger partial charge in [0, 0.05) is 25.2 Å². The van der Waals surface area contributed by atoms with Gasteiger partial charge in [-0.1, -0.05) is 30.3 Å². The number of morpholine rings is 1. The Hall–Kier alpha value is -2.42. The molecule has 30 heavy (non-hydrogen) atoms. The highest BCUT2D eigenvalue weighted by molar-refractivity contribution is 7.92. The van der Waals surface area contributed by atoms with Crippen molar-refractivity contribution in [1.29, 1.82) is 0 Å². The number of ether oxygens (including phenoxy) is 1. The highest BCUT2D eigenvalue weighted by Gasteiger charge is 2.18. The fourth-order valence-corrected chi connectivity index (χ4v) is 4.25. The smallest absolute Gasteiger partial charge is 0.251 e. The predicted molar refractivity (Wildman–Crippen MR) is 118 cm³/mol. The summed E-state index contributed by atoms with van der Waals surface area (Å²) in [6.45, 7) is 5.20. The molecule has 1 aliphatic rings. The first kappa shape index (κ1) is 22.3. The van der Waals surface area contributed by atoms with Crippen molar-refractivity contribution >= 4 is 21.6 Å². The number of nitrogens with zero attached hydrogens (tertiary/aromatic N) is 2. The van der Waals surface area contributed by atoms with Crippen LogP contribution in [-0.4, -0.2) is 64.9 Å². The molecule has 1 saturated heterocycles. The monoisotopic (exact) mass is 431 g/mol. The first-order chi connectivity index (χ1) is 14.4. The van der Waals surface area contributed by atoms with Crippen LogP contribution < -0.4 is 9.62 Å². The maximum absolute atomic E-state index is 12.4. The van der Waals surface area contributed by atoms with Gasteiger partial charge in [0.2, 0.25) is 10.0 Å². The van der Waals surface area contributed by atoms with E-state index in [1.807, 2.05) is 30.3 Å². The summed E-state index contributed by atoms with van der Waals surface area (Å²) < 4.78 is 31.3. The van der Waals surface area contributed by atoms with Crippen molar-refractivity contribution in [2.24, 2.45) is 0 Å². The van der Waals surface area contributed by atoms with Gasteiger partial charge in [-0.15, -0.1) is 0 Å². The molecule has 2 aromatic carbocycles. The van der Waals surface area contributed by atoms with Gasteiger partial charge in [-0.2, -0.15) is 0 Å². The summed E-state index contributed by atoms with van der Waals surface area (Å²) in [5.74, 6) is -0.155. The van der Waals surface area contributed by atoms with Gasteiger partial charge in [0.15, 0.2) is 0 Å². The van der Waals surface area contributed by atoms with Gasteiger partial charge in [-0.05, 0) is 42.8 Å². The van der Waals surface area contributed by atoms with Crippen LogP contribution in [0.15, 0.2) is 54.6 Å². The van der Waals surface area contributed by atoms with E-state index in [9.17, 15) is 13.2 Å². The normalized spacial score (nSPS) is 15.0. The summed E-state index contributed by atoms with van der Waals surface area (Å²) in [5, 5.41) is 2.93. The molecule has 1 heterocycles. The van der Waals surface area contributed by atoms with E-state index in [4.69, 9.17) is 4.74 Å². The van der Waals surface area contributed by atoms with E-state index < -0.39 is 10.0 Å². The van der Waals surface area contributed by atoms with Crippen LogP contribution >= 0.6 is 0 Å². The maximum atomic E-state index is 12.4. The van der Waals surface area contributed by atoms with E-state index in [1.54, 1.807) is 24.3 Å². The average Bonchev–Trinajstić information content (AvgIpc) is 2.76. The fraction of sp³-hybridized carbons (Fsp3) is 0.409. The van der Waals surface area contributed by atoms with E-state index in [-0.39, 0.29) is 12.5 Å². The van der Waals surface area contributed by atoms with Crippen LogP contribution in [0.3, 0.4) is 0 Å². The van der Waals surface area contributed by atoms with E-state index in [1.165, 1.54) is 10.6 Å². The lowest BCUT2D eigenvalue weighted by atomic mass is 10.1. The van der Waals surface area contributed by atoms with Crippen molar-refractivity contribution in [3.63, 3.8) is 0 Å². The summed E-state index contributed by atoms with van der Waals surface area (Å²) in [6, 6.07) is 16.1. The molecular formula is C22H29N3O4S. The first-order valence-corrected chi connectivity index (χ1v) is 12.0. The van der Waals surface area contributed by atoms with Crippen LogP contribution in [0, 0.1) is 0 Å². The van der Waals surface area contributed by atoms with E-state index in [0.717, 1.165) is 44.8 Å². The van der Waals surface area contributed by atoms with E-state index >= 15 is 0 Å². The highest BCUT2D eigenvalue weighted by Crippen LogP contribution is 2.21. The van der Waals surface area contributed by atoms with Crippen molar-refractivity contribution in [2.75, 3.05) is 50.0 Å². The third kappa shape index (κ3) is 6.55. The Morgan fingerprint density at radius 1 is 1.07 bits per heavy atom. The summed E-state index contributed by atoms with van der Waals surface area (Å²) in [7, 11) is -3.46. The summed E-state index contributed by atoms with van der Waals surface area (Å²) in [6.07, 6.45) is 2.06. The van der Waals surface area contributed by atoms with Gasteiger partial charge in [0.25, 0.3) is 5.91 Å². The quantitative estimate of drug-likeness (QED) is 0.615. The number of sulfonamides is 1. The van der Waals surface area contributed by atoms with Crippen molar-refractivity contribution in [3.05, 3.63) is 65.7 Å². The number of nitrogens with one attached hydrogen (secondary N) is 1. The van der Waals surface area contributed by atoms with Crippen molar-refractivity contribution in [1.82, 2.24) is 10.2 Å². The zero-order valence-corrected chi connectivity index (χ0v) is 18.1. The number of amides is 1. The molecule has 0 unspecified atom stereocenters. The average molecular weight is 432 g/mol. The molecule has 0 aromatic heterocycles. The fourth-order valence-electron chi connectivity index (χ4n) is 3.36. The number of rotatable bonds is 9. The van der Waals surface area contributed by atoms with Crippen LogP contribution in [0.2, 0.25) is 0 Å². The molecule has 0 bridgehead atoms. The van der Waals surface area contributed by atoms with Crippen molar-refractivity contribution < 1.29 is 17.9 Å². The Bertz CT molecular complexity index is 911. The number of anilines is 1. The second-order valence-electron chi connectivity index (χ2n) is 7.37. The number of carbonyl (C=O) groups excluding carboxylic acids is 1. The third-order valence-corrected chi connectivity index (χ3v) is 6.17. The first-order valence-electron chi connectivity index (χ1n) is 10.1. The Morgan fingerprint density at radius 3 is 2.37 bits per heavy atom.